The van der Waals surface area contributed by atoms with Crippen molar-refractivity contribution in [2.24, 2.45) is 5.84 Å². The summed E-state index contributed by atoms with van der Waals surface area (Å²) in [5.41, 5.74) is 2.40. The van der Waals surface area contributed by atoms with Gasteiger partial charge < -0.3 is 4.42 Å². The number of carbonyl (C=O) groups excluding carboxylic acids is 1. The minimum absolute atomic E-state index is 0.0217. The molecule has 0 atom stereocenters. The van der Waals surface area contributed by atoms with Crippen LogP contribution in [0, 0.1) is 20.8 Å². The van der Waals surface area contributed by atoms with Crippen LogP contribution in [0.1, 0.15) is 33.0 Å². The number of hydrogen-bond donors (Lipinski definition) is 3. The van der Waals surface area contributed by atoms with E-state index >= 15 is 0 Å². The zero-order valence-electron chi connectivity index (χ0n) is 11.9. The molecule has 0 aliphatic rings. The predicted molar refractivity (Wildman–Crippen MR) is 75.0 cm³/mol. The molecule has 2 aromatic heterocycles. The summed E-state index contributed by atoms with van der Waals surface area (Å²) in [6.45, 7) is 4.80. The lowest BCUT2D eigenvalue weighted by Gasteiger charge is -2.06. The fraction of sp³-hybridized carbons (Fsp3) is 0.308. The molecule has 0 fully saturated rings. The molecule has 2 rings (SSSR count). The van der Waals surface area contributed by atoms with Gasteiger partial charge >= 0.3 is 0 Å². The second kappa shape index (κ2) is 5.41. The highest BCUT2D eigenvalue weighted by molar-refractivity contribution is 5.94. The quantitative estimate of drug-likeness (QED) is 0.407. The van der Waals surface area contributed by atoms with Crippen LogP contribution in [0.4, 0.5) is 0 Å². The summed E-state index contributed by atoms with van der Waals surface area (Å²) in [4.78, 5) is 35.3. The Kier molecular flexibility index (Phi) is 3.81. The third-order valence-electron chi connectivity index (χ3n) is 3.36. The summed E-state index contributed by atoms with van der Waals surface area (Å²) in [6.07, 6.45) is 0. The van der Waals surface area contributed by atoms with Gasteiger partial charge in [-0.3, -0.25) is 24.9 Å². The molecule has 0 radical (unpaired) electrons. The number of aryl methyl sites for hydroxylation is 1. The highest BCUT2D eigenvalue weighted by atomic mass is 16.3. The Morgan fingerprint density at radius 1 is 1.33 bits per heavy atom. The van der Waals surface area contributed by atoms with Gasteiger partial charge in [-0.25, -0.2) is 10.5 Å². The Hall–Kier alpha value is -2.61. The molecule has 0 bridgehead atoms. The summed E-state index contributed by atoms with van der Waals surface area (Å²) in [7, 11) is 0. The van der Waals surface area contributed by atoms with Crippen molar-refractivity contribution in [2.75, 3.05) is 0 Å². The fourth-order valence-corrected chi connectivity index (χ4v) is 1.98. The topological polar surface area (TPSA) is 123 Å². The van der Waals surface area contributed by atoms with Crippen LogP contribution in [0.3, 0.4) is 0 Å². The van der Waals surface area contributed by atoms with E-state index in [0.29, 0.717) is 22.6 Å². The van der Waals surface area contributed by atoms with Crippen molar-refractivity contribution in [3.05, 3.63) is 55.0 Å². The van der Waals surface area contributed by atoms with Crippen LogP contribution in [0.2, 0.25) is 0 Å². The van der Waals surface area contributed by atoms with Crippen molar-refractivity contribution in [1.82, 2.24) is 15.2 Å². The number of nitrogens with zero attached hydrogens (tertiary/aromatic N) is 1. The van der Waals surface area contributed by atoms with Gasteiger partial charge in [0.25, 0.3) is 17.0 Å². The number of hydrogen-bond acceptors (Lipinski definition) is 5. The van der Waals surface area contributed by atoms with Crippen LogP contribution in [-0.4, -0.2) is 15.7 Å². The van der Waals surface area contributed by atoms with Crippen molar-refractivity contribution in [3.63, 3.8) is 0 Å². The molecule has 4 N–H and O–H groups in total. The predicted octanol–water partition coefficient (Wildman–Crippen LogP) is -0.293. The molecule has 0 unspecified atom stereocenters. The van der Waals surface area contributed by atoms with Gasteiger partial charge in [0.15, 0.2) is 0 Å². The first-order valence-electron chi connectivity index (χ1n) is 6.25. The Balaban J connectivity index is 2.42. The molecule has 8 heteroatoms. The SMILES string of the molecule is Cc1oc(Cn2[nH]c(=O)c(C)c(C)c2=O)cc1C(=O)NN. The van der Waals surface area contributed by atoms with Gasteiger partial charge in [-0.1, -0.05) is 0 Å². The summed E-state index contributed by atoms with van der Waals surface area (Å²) in [5.74, 6) is 5.34. The van der Waals surface area contributed by atoms with Crippen LogP contribution in [0.15, 0.2) is 20.1 Å². The van der Waals surface area contributed by atoms with Gasteiger partial charge in [0.2, 0.25) is 0 Å². The minimum Gasteiger partial charge on any atom is -0.464 e. The normalized spacial score (nSPS) is 10.7. The number of nitrogens with one attached hydrogen (secondary N) is 2. The summed E-state index contributed by atoms with van der Waals surface area (Å²) >= 11 is 0. The van der Waals surface area contributed by atoms with Gasteiger partial charge in [-0.15, -0.1) is 0 Å². The van der Waals surface area contributed by atoms with E-state index in [-0.39, 0.29) is 23.2 Å². The summed E-state index contributed by atoms with van der Waals surface area (Å²) in [6, 6.07) is 1.48. The second-order valence-corrected chi connectivity index (χ2v) is 4.74. The Morgan fingerprint density at radius 2 is 2.00 bits per heavy atom. The van der Waals surface area contributed by atoms with Gasteiger partial charge in [0.1, 0.15) is 18.1 Å². The third kappa shape index (κ3) is 2.65. The van der Waals surface area contributed by atoms with Crippen molar-refractivity contribution in [1.29, 1.82) is 0 Å². The number of nitrogen functional groups attached to an aromatic ring is 1. The molecule has 0 aromatic carbocycles. The molecule has 1 amide bonds. The zero-order valence-corrected chi connectivity index (χ0v) is 11.9. The van der Waals surface area contributed by atoms with Gasteiger partial charge in [0, 0.05) is 11.1 Å². The zero-order chi connectivity index (χ0) is 15.7. The first-order chi connectivity index (χ1) is 9.85. The monoisotopic (exact) mass is 292 g/mol. The fourth-order valence-electron chi connectivity index (χ4n) is 1.98. The minimum atomic E-state index is -0.483. The first-order valence-corrected chi connectivity index (χ1v) is 6.25. The molecule has 0 aliphatic carbocycles. The number of nitrogens with two attached hydrogens (primary N) is 1. The number of H-pyrrole nitrogens is 1. The van der Waals surface area contributed by atoms with Crippen LogP contribution >= 0.6 is 0 Å². The maximum absolute atomic E-state index is 12.1. The summed E-state index contributed by atoms with van der Waals surface area (Å²) in [5, 5.41) is 2.47. The molecule has 2 aromatic rings. The average molecular weight is 292 g/mol. The van der Waals surface area contributed by atoms with E-state index in [1.54, 1.807) is 20.8 Å². The molecular weight excluding hydrogens is 276 g/mol. The Morgan fingerprint density at radius 3 is 2.62 bits per heavy atom. The second-order valence-electron chi connectivity index (χ2n) is 4.74. The number of aromatic amines is 1. The van der Waals surface area contributed by atoms with E-state index in [1.165, 1.54) is 6.07 Å². The van der Waals surface area contributed by atoms with Crippen molar-refractivity contribution in [3.8, 4) is 0 Å². The molecule has 0 spiro atoms. The number of rotatable bonds is 3. The molecule has 0 saturated heterocycles. The highest BCUT2D eigenvalue weighted by Gasteiger charge is 2.15. The van der Waals surface area contributed by atoms with Crippen LogP contribution in [-0.2, 0) is 6.54 Å². The smallest absolute Gasteiger partial charge is 0.268 e. The lowest BCUT2D eigenvalue weighted by Crippen LogP contribution is -2.33. The van der Waals surface area contributed by atoms with E-state index in [2.05, 4.69) is 5.10 Å². The number of amides is 1. The molecule has 2 heterocycles. The Bertz CT molecular complexity index is 813. The van der Waals surface area contributed by atoms with E-state index < -0.39 is 5.91 Å². The molecule has 8 nitrogen and oxygen atoms in total. The van der Waals surface area contributed by atoms with Gasteiger partial charge in [0.05, 0.1) is 5.56 Å². The Labute approximate surface area is 119 Å². The van der Waals surface area contributed by atoms with E-state index in [0.717, 1.165) is 4.68 Å². The van der Waals surface area contributed by atoms with Crippen LogP contribution < -0.4 is 22.4 Å². The lowest BCUT2D eigenvalue weighted by molar-refractivity contribution is 0.0952. The molecule has 112 valence electrons. The third-order valence-corrected chi connectivity index (χ3v) is 3.36. The lowest BCUT2D eigenvalue weighted by atomic mass is 10.2. The van der Waals surface area contributed by atoms with E-state index in [1.807, 2.05) is 5.43 Å². The van der Waals surface area contributed by atoms with E-state index in [4.69, 9.17) is 10.3 Å². The number of furan rings is 1. The van der Waals surface area contributed by atoms with Crippen molar-refractivity contribution in [2.45, 2.75) is 27.3 Å². The standard InChI is InChI=1S/C13H16N4O4/c1-6-7(2)13(20)17(16-11(6)18)5-9-4-10(8(3)21-9)12(19)15-14/h4H,5,14H2,1-3H3,(H,15,19)(H,16,18). The van der Waals surface area contributed by atoms with Crippen molar-refractivity contribution < 1.29 is 9.21 Å². The maximum Gasteiger partial charge on any atom is 0.268 e. The first kappa shape index (κ1) is 14.8. The van der Waals surface area contributed by atoms with E-state index in [9.17, 15) is 14.4 Å². The number of aromatic nitrogens is 2. The van der Waals surface area contributed by atoms with Crippen LogP contribution in [0.25, 0.3) is 0 Å². The van der Waals surface area contributed by atoms with Crippen molar-refractivity contribution >= 4 is 5.91 Å². The highest BCUT2D eigenvalue weighted by Crippen LogP contribution is 2.14. The molecular formula is C13H16N4O4. The molecule has 21 heavy (non-hydrogen) atoms. The summed E-state index contributed by atoms with van der Waals surface area (Å²) < 4.78 is 6.55. The van der Waals surface area contributed by atoms with Gasteiger partial charge in [-0.2, -0.15) is 0 Å². The van der Waals surface area contributed by atoms with Gasteiger partial charge in [-0.05, 0) is 26.8 Å². The molecule has 0 aliphatic heterocycles. The maximum atomic E-state index is 12.1. The van der Waals surface area contributed by atoms with Crippen LogP contribution in [0.5, 0.6) is 0 Å². The number of hydrazine groups is 1. The number of carbonyl (C=O) groups is 1. The largest absolute Gasteiger partial charge is 0.464 e. The average Bonchev–Trinajstić information content (AvgIpc) is 2.82. The molecule has 0 saturated carbocycles.